The summed E-state index contributed by atoms with van der Waals surface area (Å²) in [6.45, 7) is 2.85. The van der Waals surface area contributed by atoms with Gasteiger partial charge in [-0.2, -0.15) is 0 Å². The van der Waals surface area contributed by atoms with Gasteiger partial charge in [-0.15, -0.1) is 0 Å². The number of amides is 2. The van der Waals surface area contributed by atoms with Gasteiger partial charge < -0.3 is 20.7 Å². The first kappa shape index (κ1) is 14.7. The third-order valence-corrected chi connectivity index (χ3v) is 3.20. The predicted molar refractivity (Wildman–Crippen MR) is 70.3 cm³/mol. The van der Waals surface area contributed by atoms with Crippen LogP contribution in [-0.4, -0.2) is 42.8 Å². The summed E-state index contributed by atoms with van der Waals surface area (Å²) in [6, 6.07) is 2.41. The summed E-state index contributed by atoms with van der Waals surface area (Å²) in [5, 5.41) is 2.43. The number of benzene rings is 1. The molecule has 3 N–H and O–H groups in total. The maximum absolute atomic E-state index is 13.5. The molecule has 1 heterocycles. The van der Waals surface area contributed by atoms with Crippen molar-refractivity contribution in [3.05, 3.63) is 29.8 Å². The van der Waals surface area contributed by atoms with E-state index in [-0.39, 0.29) is 17.8 Å². The number of urea groups is 1. The van der Waals surface area contributed by atoms with Gasteiger partial charge in [0.2, 0.25) is 0 Å². The Bertz CT molecular complexity index is 499. The fourth-order valence-corrected chi connectivity index (χ4v) is 2.02. The molecule has 2 unspecified atom stereocenters. The van der Waals surface area contributed by atoms with Crippen LogP contribution in [0.2, 0.25) is 0 Å². The van der Waals surface area contributed by atoms with E-state index in [0.29, 0.717) is 19.7 Å². The number of hydrogen-bond donors (Lipinski definition) is 2. The number of carbonyl (C=O) groups is 1. The number of carbonyl (C=O) groups excluding carboxylic acids is 1. The molecule has 2 amide bonds. The zero-order valence-electron chi connectivity index (χ0n) is 11.1. The Kier molecular flexibility index (Phi) is 4.51. The highest BCUT2D eigenvalue weighted by Gasteiger charge is 2.29. The lowest BCUT2D eigenvalue weighted by Crippen LogP contribution is -2.54. The van der Waals surface area contributed by atoms with Crippen molar-refractivity contribution < 1.29 is 18.3 Å². The number of morpholine rings is 1. The second-order valence-corrected chi connectivity index (χ2v) is 4.75. The largest absolute Gasteiger partial charge is 0.373 e. The van der Waals surface area contributed by atoms with E-state index >= 15 is 0 Å². The number of nitrogens with two attached hydrogens (primary N) is 1. The molecule has 0 bridgehead atoms. The SMILES string of the molecule is CC1COC(CN)CN1C(=O)Nc1ccc(F)cc1F. The number of halogens is 2. The van der Waals surface area contributed by atoms with Crippen molar-refractivity contribution in [2.45, 2.75) is 19.1 Å². The van der Waals surface area contributed by atoms with Crippen LogP contribution in [0.15, 0.2) is 18.2 Å². The molecule has 7 heteroatoms. The number of nitrogens with one attached hydrogen (secondary N) is 1. The molecule has 0 saturated carbocycles. The molecule has 0 aliphatic carbocycles. The summed E-state index contributed by atoms with van der Waals surface area (Å²) in [4.78, 5) is 13.7. The Morgan fingerprint density at radius 1 is 1.55 bits per heavy atom. The summed E-state index contributed by atoms with van der Waals surface area (Å²) >= 11 is 0. The van der Waals surface area contributed by atoms with Gasteiger partial charge in [0.1, 0.15) is 11.6 Å². The zero-order valence-corrected chi connectivity index (χ0v) is 11.1. The monoisotopic (exact) mass is 285 g/mol. The van der Waals surface area contributed by atoms with E-state index in [1.165, 1.54) is 11.0 Å². The molecule has 0 aromatic heterocycles. The van der Waals surface area contributed by atoms with Crippen molar-refractivity contribution in [1.82, 2.24) is 4.90 Å². The topological polar surface area (TPSA) is 67.6 Å². The van der Waals surface area contributed by atoms with E-state index in [0.717, 1.165) is 12.1 Å². The fourth-order valence-electron chi connectivity index (χ4n) is 2.02. The molecular weight excluding hydrogens is 268 g/mol. The average Bonchev–Trinajstić information content (AvgIpc) is 2.42. The lowest BCUT2D eigenvalue weighted by atomic mass is 10.2. The van der Waals surface area contributed by atoms with Crippen LogP contribution in [-0.2, 0) is 4.74 Å². The first-order valence-electron chi connectivity index (χ1n) is 6.35. The molecule has 1 aliphatic heterocycles. The van der Waals surface area contributed by atoms with E-state index in [4.69, 9.17) is 10.5 Å². The van der Waals surface area contributed by atoms with Gasteiger partial charge in [-0.05, 0) is 19.1 Å². The molecule has 0 spiro atoms. The van der Waals surface area contributed by atoms with Gasteiger partial charge in [-0.3, -0.25) is 0 Å². The molecule has 1 aromatic rings. The summed E-state index contributed by atoms with van der Waals surface area (Å²) in [6.07, 6.45) is -0.227. The minimum Gasteiger partial charge on any atom is -0.373 e. The highest BCUT2D eigenvalue weighted by molar-refractivity contribution is 5.89. The molecule has 1 fully saturated rings. The summed E-state index contributed by atoms with van der Waals surface area (Å²) in [7, 11) is 0. The average molecular weight is 285 g/mol. The first-order chi connectivity index (χ1) is 9.51. The van der Waals surface area contributed by atoms with Crippen LogP contribution in [0.1, 0.15) is 6.92 Å². The van der Waals surface area contributed by atoms with Crippen molar-refractivity contribution in [2.75, 3.05) is 25.0 Å². The smallest absolute Gasteiger partial charge is 0.322 e. The summed E-state index contributed by atoms with van der Waals surface area (Å²) in [5.41, 5.74) is 5.46. The van der Waals surface area contributed by atoms with E-state index < -0.39 is 17.7 Å². The molecule has 0 radical (unpaired) electrons. The van der Waals surface area contributed by atoms with Crippen LogP contribution >= 0.6 is 0 Å². The lowest BCUT2D eigenvalue weighted by molar-refractivity contribution is -0.0341. The Morgan fingerprint density at radius 2 is 2.30 bits per heavy atom. The van der Waals surface area contributed by atoms with E-state index in [1.807, 2.05) is 6.92 Å². The molecule has 110 valence electrons. The molecular formula is C13H17F2N3O2. The normalized spacial score (nSPS) is 22.7. The Labute approximate surface area is 115 Å². The van der Waals surface area contributed by atoms with Crippen molar-refractivity contribution >= 4 is 11.7 Å². The van der Waals surface area contributed by atoms with Crippen LogP contribution < -0.4 is 11.1 Å². The van der Waals surface area contributed by atoms with Crippen molar-refractivity contribution in [3.8, 4) is 0 Å². The van der Waals surface area contributed by atoms with Crippen LogP contribution in [0.5, 0.6) is 0 Å². The van der Waals surface area contributed by atoms with Gasteiger partial charge in [-0.1, -0.05) is 0 Å². The predicted octanol–water partition coefficient (Wildman–Crippen LogP) is 1.54. The third kappa shape index (κ3) is 3.23. The van der Waals surface area contributed by atoms with E-state index in [2.05, 4.69) is 5.32 Å². The molecule has 5 nitrogen and oxygen atoms in total. The molecule has 20 heavy (non-hydrogen) atoms. The second-order valence-electron chi connectivity index (χ2n) is 4.75. The number of ether oxygens (including phenoxy) is 1. The van der Waals surface area contributed by atoms with Gasteiger partial charge in [0.05, 0.1) is 31.0 Å². The van der Waals surface area contributed by atoms with Gasteiger partial charge in [0, 0.05) is 12.6 Å². The lowest BCUT2D eigenvalue weighted by Gasteiger charge is -2.37. The molecule has 1 aromatic carbocycles. The Morgan fingerprint density at radius 3 is 2.95 bits per heavy atom. The van der Waals surface area contributed by atoms with Gasteiger partial charge in [0.15, 0.2) is 0 Å². The minimum atomic E-state index is -0.811. The standard InChI is InChI=1S/C13H17F2N3O2/c1-8-7-20-10(5-16)6-18(8)13(19)17-12-3-2-9(14)4-11(12)15/h2-4,8,10H,5-7,16H2,1H3,(H,17,19). The van der Waals surface area contributed by atoms with Crippen LogP contribution in [0.4, 0.5) is 19.3 Å². The number of hydrogen-bond acceptors (Lipinski definition) is 3. The van der Waals surface area contributed by atoms with E-state index in [1.54, 1.807) is 0 Å². The van der Waals surface area contributed by atoms with Crippen LogP contribution in [0.25, 0.3) is 0 Å². The highest BCUT2D eigenvalue weighted by Crippen LogP contribution is 2.18. The van der Waals surface area contributed by atoms with Crippen molar-refractivity contribution in [1.29, 1.82) is 0 Å². The van der Waals surface area contributed by atoms with Crippen molar-refractivity contribution in [2.24, 2.45) is 5.73 Å². The Balaban J connectivity index is 2.06. The van der Waals surface area contributed by atoms with Gasteiger partial charge >= 0.3 is 6.03 Å². The maximum Gasteiger partial charge on any atom is 0.322 e. The van der Waals surface area contributed by atoms with Crippen LogP contribution in [0.3, 0.4) is 0 Å². The number of rotatable bonds is 2. The third-order valence-electron chi connectivity index (χ3n) is 3.20. The molecule has 1 saturated heterocycles. The number of anilines is 1. The fraction of sp³-hybridized carbons (Fsp3) is 0.462. The van der Waals surface area contributed by atoms with Gasteiger partial charge in [0.25, 0.3) is 0 Å². The second kappa shape index (κ2) is 6.15. The summed E-state index contributed by atoms with van der Waals surface area (Å²) in [5.74, 6) is -1.50. The zero-order chi connectivity index (χ0) is 14.7. The maximum atomic E-state index is 13.5. The van der Waals surface area contributed by atoms with Gasteiger partial charge in [-0.25, -0.2) is 13.6 Å². The minimum absolute atomic E-state index is 0.0561. The molecule has 2 rings (SSSR count). The molecule has 2 atom stereocenters. The van der Waals surface area contributed by atoms with E-state index in [9.17, 15) is 13.6 Å². The molecule has 1 aliphatic rings. The summed E-state index contributed by atoms with van der Waals surface area (Å²) < 4.78 is 31.7. The Hall–Kier alpha value is -1.73. The number of nitrogens with zero attached hydrogens (tertiary/aromatic N) is 1. The highest BCUT2D eigenvalue weighted by atomic mass is 19.1. The van der Waals surface area contributed by atoms with Crippen LogP contribution in [0, 0.1) is 11.6 Å². The quantitative estimate of drug-likeness (QED) is 0.866. The first-order valence-corrected chi connectivity index (χ1v) is 6.35. The van der Waals surface area contributed by atoms with Crippen molar-refractivity contribution in [3.63, 3.8) is 0 Å².